The Kier molecular flexibility index (Phi) is 6.10. The lowest BCUT2D eigenvalue weighted by Crippen LogP contribution is -2.02. The van der Waals surface area contributed by atoms with Gasteiger partial charge in [0, 0.05) is 43.3 Å². The Labute approximate surface area is 325 Å². The number of hydrogen-bond donors (Lipinski definition) is 0. The third-order valence-electron chi connectivity index (χ3n) is 11.9. The zero-order valence-electron chi connectivity index (χ0n) is 30.5. The first-order valence-electron chi connectivity index (χ1n) is 19.3. The third-order valence-corrected chi connectivity index (χ3v) is 11.9. The zero-order chi connectivity index (χ0) is 37.2. The van der Waals surface area contributed by atoms with Gasteiger partial charge in [0.1, 0.15) is 11.1 Å². The topological polar surface area (TPSA) is 48.3 Å². The number of nitrogens with zero attached hydrogens (tertiary/aromatic N) is 4. The lowest BCUT2D eigenvalue weighted by Gasteiger charge is -2.11. The van der Waals surface area contributed by atoms with Crippen LogP contribution in [0.4, 0.5) is 0 Å². The van der Waals surface area contributed by atoms with Crippen molar-refractivity contribution in [3.8, 4) is 39.5 Å². The minimum absolute atomic E-state index is 0.648. The van der Waals surface area contributed by atoms with Crippen molar-refractivity contribution in [3.05, 3.63) is 182 Å². The monoisotopic (exact) mass is 726 g/mol. The van der Waals surface area contributed by atoms with Crippen LogP contribution in [0, 0.1) is 0 Å². The highest BCUT2D eigenvalue weighted by molar-refractivity contribution is 6.34. The van der Waals surface area contributed by atoms with E-state index >= 15 is 0 Å². The second-order valence-electron chi connectivity index (χ2n) is 14.9. The molecule has 0 fully saturated rings. The van der Waals surface area contributed by atoms with Crippen LogP contribution < -0.4 is 0 Å². The van der Waals surface area contributed by atoms with Crippen molar-refractivity contribution in [2.75, 3.05) is 0 Å². The molecule has 0 spiro atoms. The minimum atomic E-state index is 0.648. The van der Waals surface area contributed by atoms with E-state index in [2.05, 4.69) is 167 Å². The molecular weight excluding hydrogens is 697 g/mol. The van der Waals surface area contributed by atoms with Crippen LogP contribution in [0.15, 0.2) is 186 Å². The van der Waals surface area contributed by atoms with Gasteiger partial charge in [-0.2, -0.15) is 0 Å². The van der Waals surface area contributed by atoms with Gasteiger partial charge in [-0.05, 0) is 64.7 Å². The standard InChI is InChI=1S/C52H30N4O/c1-3-13-31(14-4-1)33-23-25-34(26-24-33)51-53-47-38-19-9-12-22-45(38)57-50(47)52(54-51)56-42-20-10-7-17-36(42)40-30-41-39-29-35(32-15-5-2-6-16-32)27-28-44(39)55-43-21-11-8-18-37(43)46(48(41)55)49(40)56/h1-30H. The number of fused-ring (bicyclic) bond motifs is 13. The molecule has 0 unspecified atom stereocenters. The molecule has 0 bridgehead atoms. The van der Waals surface area contributed by atoms with E-state index in [1.807, 2.05) is 24.3 Å². The molecule has 0 atom stereocenters. The number of para-hydroxylation sites is 3. The highest BCUT2D eigenvalue weighted by atomic mass is 16.3. The van der Waals surface area contributed by atoms with Crippen LogP contribution in [-0.4, -0.2) is 18.9 Å². The summed E-state index contributed by atoms with van der Waals surface area (Å²) in [5.74, 6) is 1.37. The SMILES string of the molecule is c1ccc(-c2ccc(-c3nc(-n4c5ccccc5c5cc6c7cc(-c8ccccc8)ccc7n7c8ccccc8c(c54)c67)c4oc5ccccc5c4n3)cc2)cc1. The van der Waals surface area contributed by atoms with Crippen LogP contribution in [0.25, 0.3) is 121 Å². The molecule has 0 saturated carbocycles. The van der Waals surface area contributed by atoms with E-state index in [9.17, 15) is 0 Å². The third kappa shape index (κ3) is 4.23. The summed E-state index contributed by atoms with van der Waals surface area (Å²) >= 11 is 0. The molecule has 5 nitrogen and oxygen atoms in total. The van der Waals surface area contributed by atoms with Gasteiger partial charge in [-0.1, -0.05) is 140 Å². The maximum absolute atomic E-state index is 6.77. The Hall–Kier alpha value is -7.76. The maximum Gasteiger partial charge on any atom is 0.197 e. The molecule has 0 N–H and O–H groups in total. The van der Waals surface area contributed by atoms with Gasteiger partial charge in [0.2, 0.25) is 0 Å². The van der Waals surface area contributed by atoms with Crippen molar-refractivity contribution in [3.63, 3.8) is 0 Å². The summed E-state index contributed by atoms with van der Waals surface area (Å²) in [7, 11) is 0. The average Bonchev–Trinajstić information content (AvgIpc) is 4.02. The van der Waals surface area contributed by atoms with Gasteiger partial charge < -0.3 is 8.82 Å². The molecule has 0 radical (unpaired) electrons. The molecule has 0 amide bonds. The molecule has 5 heteroatoms. The van der Waals surface area contributed by atoms with E-state index in [-0.39, 0.29) is 0 Å². The van der Waals surface area contributed by atoms with Gasteiger partial charge in [-0.3, -0.25) is 4.57 Å². The van der Waals surface area contributed by atoms with Gasteiger partial charge in [-0.15, -0.1) is 0 Å². The average molecular weight is 727 g/mol. The highest BCUT2D eigenvalue weighted by Crippen LogP contribution is 2.48. The molecule has 5 heterocycles. The fraction of sp³-hybridized carbons (Fsp3) is 0. The van der Waals surface area contributed by atoms with Crippen LogP contribution in [0.5, 0.6) is 0 Å². The summed E-state index contributed by atoms with van der Waals surface area (Å²) in [6.07, 6.45) is 0. The molecule has 5 aromatic heterocycles. The van der Waals surface area contributed by atoms with Crippen molar-refractivity contribution in [2.45, 2.75) is 0 Å². The lowest BCUT2D eigenvalue weighted by molar-refractivity contribution is 0.662. The number of hydrogen-bond acceptors (Lipinski definition) is 3. The molecule has 0 aliphatic carbocycles. The minimum Gasteiger partial charge on any atom is -0.450 e. The van der Waals surface area contributed by atoms with Gasteiger partial charge >= 0.3 is 0 Å². The Balaban J connectivity index is 1.17. The Bertz CT molecular complexity index is 3730. The van der Waals surface area contributed by atoms with Crippen LogP contribution >= 0.6 is 0 Å². The number of aromatic nitrogens is 4. The summed E-state index contributed by atoms with van der Waals surface area (Å²) in [5, 5.41) is 8.17. The number of rotatable bonds is 4. The first-order chi connectivity index (χ1) is 28.3. The fourth-order valence-electron chi connectivity index (χ4n) is 9.34. The van der Waals surface area contributed by atoms with E-state index in [4.69, 9.17) is 14.4 Å². The van der Waals surface area contributed by atoms with Crippen LogP contribution in [-0.2, 0) is 0 Å². The zero-order valence-corrected chi connectivity index (χ0v) is 30.5. The van der Waals surface area contributed by atoms with Crippen molar-refractivity contribution < 1.29 is 4.42 Å². The molecule has 8 aromatic carbocycles. The second kappa shape index (κ2) is 11.4. The first kappa shape index (κ1) is 30.6. The largest absolute Gasteiger partial charge is 0.450 e. The second-order valence-corrected chi connectivity index (χ2v) is 14.9. The van der Waals surface area contributed by atoms with Crippen LogP contribution in [0.3, 0.4) is 0 Å². The highest BCUT2D eigenvalue weighted by Gasteiger charge is 2.27. The Morgan fingerprint density at radius 3 is 1.75 bits per heavy atom. The van der Waals surface area contributed by atoms with E-state index in [0.717, 1.165) is 49.9 Å². The first-order valence-corrected chi connectivity index (χ1v) is 19.3. The normalized spacial score (nSPS) is 12.2. The van der Waals surface area contributed by atoms with E-state index in [0.29, 0.717) is 11.4 Å². The van der Waals surface area contributed by atoms with E-state index in [1.165, 1.54) is 60.2 Å². The molecule has 0 aliphatic heterocycles. The van der Waals surface area contributed by atoms with E-state index < -0.39 is 0 Å². The van der Waals surface area contributed by atoms with Crippen molar-refractivity contribution in [2.24, 2.45) is 0 Å². The number of benzene rings is 8. The molecular formula is C52H30N4O. The molecule has 13 aromatic rings. The lowest BCUT2D eigenvalue weighted by atomic mass is 10.00. The van der Waals surface area contributed by atoms with Gasteiger partial charge in [0.15, 0.2) is 17.2 Å². The predicted octanol–water partition coefficient (Wildman–Crippen LogP) is 13.6. The summed E-state index contributed by atoms with van der Waals surface area (Å²) in [6.45, 7) is 0. The fourth-order valence-corrected chi connectivity index (χ4v) is 9.34. The molecule has 57 heavy (non-hydrogen) atoms. The molecule has 0 aliphatic rings. The molecule has 0 saturated heterocycles. The van der Waals surface area contributed by atoms with Crippen molar-refractivity contribution in [1.29, 1.82) is 0 Å². The van der Waals surface area contributed by atoms with Crippen molar-refractivity contribution >= 4 is 82.0 Å². The van der Waals surface area contributed by atoms with Crippen molar-refractivity contribution in [1.82, 2.24) is 18.9 Å². The molecule has 264 valence electrons. The quantitative estimate of drug-likeness (QED) is 0.181. The smallest absolute Gasteiger partial charge is 0.197 e. The molecule has 13 rings (SSSR count). The summed E-state index contributed by atoms with van der Waals surface area (Å²) in [4.78, 5) is 10.7. The maximum atomic E-state index is 6.77. The summed E-state index contributed by atoms with van der Waals surface area (Å²) in [5.41, 5.74) is 13.7. The summed E-state index contributed by atoms with van der Waals surface area (Å²) in [6, 6.07) is 64.7. The Morgan fingerprint density at radius 1 is 0.386 bits per heavy atom. The van der Waals surface area contributed by atoms with Gasteiger partial charge in [0.05, 0.1) is 27.6 Å². The van der Waals surface area contributed by atoms with Gasteiger partial charge in [0.25, 0.3) is 0 Å². The van der Waals surface area contributed by atoms with Crippen LogP contribution in [0.2, 0.25) is 0 Å². The van der Waals surface area contributed by atoms with E-state index in [1.54, 1.807) is 0 Å². The van der Waals surface area contributed by atoms with Gasteiger partial charge in [-0.25, -0.2) is 9.97 Å². The predicted molar refractivity (Wildman–Crippen MR) is 235 cm³/mol. The summed E-state index contributed by atoms with van der Waals surface area (Å²) < 4.78 is 11.6. The Morgan fingerprint density at radius 2 is 0.965 bits per heavy atom. The number of furan rings is 1. The van der Waals surface area contributed by atoms with Crippen LogP contribution in [0.1, 0.15) is 0 Å².